The smallest absolute Gasteiger partial charge is 0.381 e. The molecule has 0 amide bonds. The maximum absolute atomic E-state index is 12.0. The highest BCUT2D eigenvalue weighted by Crippen LogP contribution is 2.29. The van der Waals surface area contributed by atoms with Crippen LogP contribution in [0.3, 0.4) is 0 Å². The lowest BCUT2D eigenvalue weighted by Gasteiger charge is -2.10. The third-order valence-corrected chi connectivity index (χ3v) is 4.36. The molecule has 0 unspecified atom stereocenters. The van der Waals surface area contributed by atoms with Crippen LogP contribution in [-0.4, -0.2) is 37.0 Å². The summed E-state index contributed by atoms with van der Waals surface area (Å²) in [5.74, 6) is -0.831. The standard InChI is InChI=1S/C8H7F3O9S3/c1-21(12,13)18-6-4-2-3-5-7(6)22(14,15)19-20-23(16,17)8(9,10)11/h2-5H,1H3. The van der Waals surface area contributed by atoms with Crippen LogP contribution in [0.25, 0.3) is 0 Å². The molecule has 1 rings (SSSR count). The Balaban J connectivity index is 3.17. The molecule has 0 aliphatic heterocycles. The van der Waals surface area contributed by atoms with E-state index in [4.69, 9.17) is 0 Å². The van der Waals surface area contributed by atoms with Gasteiger partial charge < -0.3 is 4.18 Å². The van der Waals surface area contributed by atoms with Gasteiger partial charge in [0.25, 0.3) is 0 Å². The highest BCUT2D eigenvalue weighted by molar-refractivity contribution is 7.89. The maximum Gasteiger partial charge on any atom is 0.525 e. The van der Waals surface area contributed by atoms with Crippen molar-refractivity contribution in [1.82, 2.24) is 0 Å². The molecular formula is C8H7F3O9S3. The second-order valence-electron chi connectivity index (χ2n) is 3.72. The van der Waals surface area contributed by atoms with Crippen LogP contribution >= 0.6 is 0 Å². The molecule has 132 valence electrons. The van der Waals surface area contributed by atoms with E-state index in [1.807, 2.05) is 0 Å². The van der Waals surface area contributed by atoms with E-state index in [0.717, 1.165) is 18.2 Å². The average molecular weight is 400 g/mol. The molecule has 0 fully saturated rings. The number of benzene rings is 1. The topological polar surface area (TPSA) is 130 Å². The van der Waals surface area contributed by atoms with Gasteiger partial charge in [0.2, 0.25) is 0 Å². The molecule has 0 heterocycles. The van der Waals surface area contributed by atoms with E-state index in [1.54, 1.807) is 0 Å². The van der Waals surface area contributed by atoms with Crippen molar-refractivity contribution < 1.29 is 51.3 Å². The molecule has 1 aromatic rings. The summed E-state index contributed by atoms with van der Waals surface area (Å²) in [5, 5.41) is 0. The van der Waals surface area contributed by atoms with Crippen molar-refractivity contribution in [3.63, 3.8) is 0 Å². The first-order valence-electron chi connectivity index (χ1n) is 5.08. The Kier molecular flexibility index (Phi) is 5.32. The summed E-state index contributed by atoms with van der Waals surface area (Å²) in [4.78, 5) is -1.07. The quantitative estimate of drug-likeness (QED) is 0.290. The normalized spacial score (nSPS) is 13.7. The van der Waals surface area contributed by atoms with E-state index >= 15 is 0 Å². The second-order valence-corrected chi connectivity index (χ2v) is 8.29. The second kappa shape index (κ2) is 6.23. The van der Waals surface area contributed by atoms with E-state index in [0.29, 0.717) is 12.3 Å². The zero-order valence-corrected chi connectivity index (χ0v) is 13.3. The molecule has 0 saturated carbocycles. The van der Waals surface area contributed by atoms with E-state index in [2.05, 4.69) is 12.9 Å². The summed E-state index contributed by atoms with van der Waals surface area (Å²) in [6.45, 7) is 0. The lowest BCUT2D eigenvalue weighted by Crippen LogP contribution is -2.27. The van der Waals surface area contributed by atoms with Gasteiger partial charge in [-0.3, -0.25) is 0 Å². The van der Waals surface area contributed by atoms with Crippen LogP contribution in [0.1, 0.15) is 0 Å². The summed E-state index contributed by atoms with van der Waals surface area (Å²) < 4.78 is 113. The molecular weight excluding hydrogens is 393 g/mol. The number of hydrogen-bond donors (Lipinski definition) is 0. The molecule has 0 N–H and O–H groups in total. The Bertz CT molecular complexity index is 884. The largest absolute Gasteiger partial charge is 0.525 e. The lowest BCUT2D eigenvalue weighted by molar-refractivity contribution is -0.124. The first-order valence-corrected chi connectivity index (χ1v) is 9.71. The fourth-order valence-electron chi connectivity index (χ4n) is 1.04. The van der Waals surface area contributed by atoms with Crippen LogP contribution in [0.15, 0.2) is 29.2 Å². The SMILES string of the molecule is CS(=O)(=O)Oc1ccccc1S(=O)(=O)OOS(=O)(=O)C(F)(F)F. The van der Waals surface area contributed by atoms with Crippen molar-refractivity contribution in [1.29, 1.82) is 0 Å². The molecule has 9 nitrogen and oxygen atoms in total. The molecule has 0 atom stereocenters. The molecule has 15 heteroatoms. The van der Waals surface area contributed by atoms with Gasteiger partial charge >= 0.3 is 35.9 Å². The predicted octanol–water partition coefficient (Wildman–Crippen LogP) is 0.512. The third-order valence-electron chi connectivity index (χ3n) is 1.85. The molecule has 0 bridgehead atoms. The average Bonchev–Trinajstić information content (AvgIpc) is 2.34. The van der Waals surface area contributed by atoms with Gasteiger partial charge in [0.1, 0.15) is 4.90 Å². The van der Waals surface area contributed by atoms with Gasteiger partial charge in [-0.05, 0) is 12.1 Å². The van der Waals surface area contributed by atoms with E-state index < -0.39 is 46.5 Å². The Morgan fingerprint density at radius 3 is 1.91 bits per heavy atom. The van der Waals surface area contributed by atoms with Crippen molar-refractivity contribution in [3.05, 3.63) is 24.3 Å². The zero-order valence-electron chi connectivity index (χ0n) is 10.8. The molecule has 0 aliphatic rings. The molecule has 0 radical (unpaired) electrons. The monoisotopic (exact) mass is 400 g/mol. The Morgan fingerprint density at radius 1 is 0.913 bits per heavy atom. The van der Waals surface area contributed by atoms with Crippen LogP contribution in [-0.2, 0) is 39.0 Å². The maximum atomic E-state index is 12.0. The minimum Gasteiger partial charge on any atom is -0.381 e. The minimum absolute atomic E-state index is 0.571. The summed E-state index contributed by atoms with van der Waals surface area (Å²) in [7, 11) is -15.8. The van der Waals surface area contributed by atoms with Gasteiger partial charge in [-0.25, -0.2) is 0 Å². The Morgan fingerprint density at radius 2 is 1.43 bits per heavy atom. The predicted molar refractivity (Wildman–Crippen MR) is 66.2 cm³/mol. The van der Waals surface area contributed by atoms with E-state index in [-0.39, 0.29) is 0 Å². The van der Waals surface area contributed by atoms with E-state index in [9.17, 15) is 38.4 Å². The summed E-state index contributed by atoms with van der Waals surface area (Å²) in [6, 6.07) is 3.73. The lowest BCUT2D eigenvalue weighted by atomic mass is 10.3. The molecule has 0 aromatic heterocycles. The van der Waals surface area contributed by atoms with Gasteiger partial charge in [-0.2, -0.15) is 38.4 Å². The van der Waals surface area contributed by atoms with Crippen molar-refractivity contribution >= 4 is 30.4 Å². The van der Waals surface area contributed by atoms with Gasteiger partial charge in [-0.1, -0.05) is 20.8 Å². The van der Waals surface area contributed by atoms with Crippen LogP contribution in [0.4, 0.5) is 13.2 Å². The summed E-state index contributed by atoms with van der Waals surface area (Å²) in [5.41, 5.74) is -5.93. The van der Waals surface area contributed by atoms with Crippen molar-refractivity contribution in [2.45, 2.75) is 10.4 Å². The minimum atomic E-state index is -6.35. The summed E-state index contributed by atoms with van der Waals surface area (Å²) in [6.07, 6.45) is 0.571. The molecule has 23 heavy (non-hydrogen) atoms. The van der Waals surface area contributed by atoms with Crippen LogP contribution < -0.4 is 4.18 Å². The molecule has 1 aromatic carbocycles. The molecule has 0 saturated heterocycles. The van der Waals surface area contributed by atoms with Gasteiger partial charge in [0, 0.05) is 0 Å². The van der Waals surface area contributed by atoms with Gasteiger partial charge in [0.15, 0.2) is 5.75 Å². The van der Waals surface area contributed by atoms with Crippen molar-refractivity contribution in [2.24, 2.45) is 0 Å². The third kappa shape index (κ3) is 5.31. The fraction of sp³-hybridized carbons (Fsp3) is 0.250. The molecule has 0 aliphatic carbocycles. The van der Waals surface area contributed by atoms with Crippen LogP contribution in [0.2, 0.25) is 0 Å². The van der Waals surface area contributed by atoms with Gasteiger partial charge in [0.05, 0.1) is 6.26 Å². The van der Waals surface area contributed by atoms with Crippen molar-refractivity contribution in [2.75, 3.05) is 6.26 Å². The zero-order chi connectivity index (χ0) is 18.1. The van der Waals surface area contributed by atoms with Gasteiger partial charge in [-0.15, -0.1) is 0 Å². The van der Waals surface area contributed by atoms with Crippen LogP contribution in [0.5, 0.6) is 5.75 Å². The highest BCUT2D eigenvalue weighted by atomic mass is 32.2. The Labute approximate surface area is 128 Å². The first kappa shape index (κ1) is 19.6. The highest BCUT2D eigenvalue weighted by Gasteiger charge is 2.49. The number of halogens is 3. The number of para-hydroxylation sites is 1. The molecule has 0 spiro atoms. The van der Waals surface area contributed by atoms with Crippen LogP contribution in [0, 0.1) is 0 Å². The number of rotatable bonds is 6. The summed E-state index contributed by atoms with van der Waals surface area (Å²) >= 11 is 0. The fourth-order valence-corrected chi connectivity index (χ4v) is 2.90. The van der Waals surface area contributed by atoms with Crippen molar-refractivity contribution in [3.8, 4) is 5.75 Å². The Hall–Kier alpha value is -1.42. The first-order chi connectivity index (χ1) is 10.2. The number of hydrogen-bond acceptors (Lipinski definition) is 9. The number of alkyl halides is 3. The van der Waals surface area contributed by atoms with E-state index in [1.165, 1.54) is 0 Å².